The van der Waals surface area contributed by atoms with Crippen molar-refractivity contribution in [2.75, 3.05) is 26.2 Å². The molecule has 0 saturated carbocycles. The maximum atomic E-state index is 12.7. The predicted molar refractivity (Wildman–Crippen MR) is 103 cm³/mol. The van der Waals surface area contributed by atoms with E-state index < -0.39 is 0 Å². The van der Waals surface area contributed by atoms with E-state index >= 15 is 0 Å². The maximum absolute atomic E-state index is 12.7. The second-order valence-corrected chi connectivity index (χ2v) is 7.28. The van der Waals surface area contributed by atoms with E-state index in [1.807, 2.05) is 36.1 Å². The number of benzene rings is 2. The van der Waals surface area contributed by atoms with Crippen LogP contribution in [0.3, 0.4) is 0 Å². The molecular weight excluding hydrogens is 308 g/mol. The fourth-order valence-electron chi connectivity index (χ4n) is 3.36. The molecule has 0 spiro atoms. The lowest BCUT2D eigenvalue weighted by molar-refractivity contribution is 0.0628. The van der Waals surface area contributed by atoms with Crippen LogP contribution in [0.1, 0.15) is 46.8 Å². The molecule has 3 heteroatoms. The van der Waals surface area contributed by atoms with Crippen LogP contribution >= 0.6 is 0 Å². The van der Waals surface area contributed by atoms with Gasteiger partial charge in [0.2, 0.25) is 0 Å². The molecule has 1 fully saturated rings. The highest BCUT2D eigenvalue weighted by Gasteiger charge is 2.22. The van der Waals surface area contributed by atoms with Crippen molar-refractivity contribution in [3.63, 3.8) is 0 Å². The largest absolute Gasteiger partial charge is 0.336 e. The molecular formula is C22H28N2O. The van der Waals surface area contributed by atoms with Gasteiger partial charge in [0.15, 0.2) is 0 Å². The van der Waals surface area contributed by atoms with Crippen LogP contribution in [-0.2, 0) is 6.54 Å². The molecule has 3 nitrogen and oxygen atoms in total. The Labute approximate surface area is 151 Å². The van der Waals surface area contributed by atoms with Crippen LogP contribution < -0.4 is 0 Å². The zero-order chi connectivity index (χ0) is 17.8. The van der Waals surface area contributed by atoms with Crippen molar-refractivity contribution in [2.45, 2.75) is 33.2 Å². The third-order valence-corrected chi connectivity index (χ3v) is 5.09. The summed E-state index contributed by atoms with van der Waals surface area (Å²) in [5.74, 6) is 0.740. The Bertz CT molecular complexity index is 713. The maximum Gasteiger partial charge on any atom is 0.254 e. The molecule has 2 aromatic carbocycles. The molecule has 2 aromatic rings. The van der Waals surface area contributed by atoms with Crippen molar-refractivity contribution < 1.29 is 4.79 Å². The minimum absolute atomic E-state index is 0.166. The molecule has 0 aromatic heterocycles. The first-order valence-electron chi connectivity index (χ1n) is 9.20. The van der Waals surface area contributed by atoms with E-state index in [1.54, 1.807) is 0 Å². The molecule has 0 bridgehead atoms. The van der Waals surface area contributed by atoms with E-state index in [4.69, 9.17) is 0 Å². The summed E-state index contributed by atoms with van der Waals surface area (Å²) in [6, 6.07) is 16.8. The summed E-state index contributed by atoms with van der Waals surface area (Å²) >= 11 is 0. The SMILES string of the molecule is Cc1ccccc1C(=O)N1CCN(Cc2ccc(C(C)C)cc2)CC1. The number of carbonyl (C=O) groups excluding carboxylic acids is 1. The Hall–Kier alpha value is -2.13. The molecule has 0 N–H and O–H groups in total. The fourth-order valence-corrected chi connectivity index (χ4v) is 3.36. The van der Waals surface area contributed by atoms with E-state index in [0.717, 1.165) is 43.9 Å². The lowest BCUT2D eigenvalue weighted by atomic mass is 10.0. The summed E-state index contributed by atoms with van der Waals surface area (Å²) in [6.45, 7) is 10.9. The van der Waals surface area contributed by atoms with Crippen LogP contribution in [0.4, 0.5) is 0 Å². The third kappa shape index (κ3) is 4.29. The van der Waals surface area contributed by atoms with Gasteiger partial charge >= 0.3 is 0 Å². The number of aryl methyl sites for hydroxylation is 1. The van der Waals surface area contributed by atoms with Crippen LogP contribution in [0.25, 0.3) is 0 Å². The molecule has 132 valence electrons. The first kappa shape index (κ1) is 17.7. The number of rotatable bonds is 4. The minimum Gasteiger partial charge on any atom is -0.336 e. The van der Waals surface area contributed by atoms with Gasteiger partial charge in [-0.3, -0.25) is 9.69 Å². The molecule has 0 atom stereocenters. The highest BCUT2D eigenvalue weighted by Crippen LogP contribution is 2.17. The van der Waals surface area contributed by atoms with Crippen molar-refractivity contribution in [3.8, 4) is 0 Å². The van der Waals surface area contributed by atoms with E-state index in [1.165, 1.54) is 11.1 Å². The molecule has 1 aliphatic heterocycles. The summed E-state index contributed by atoms with van der Waals surface area (Å²) in [7, 11) is 0. The molecule has 25 heavy (non-hydrogen) atoms. The second kappa shape index (κ2) is 7.83. The Morgan fingerprint density at radius 1 is 0.960 bits per heavy atom. The van der Waals surface area contributed by atoms with Gasteiger partial charge in [-0.25, -0.2) is 0 Å². The lowest BCUT2D eigenvalue weighted by Gasteiger charge is -2.35. The number of piperazine rings is 1. The Morgan fingerprint density at radius 3 is 2.20 bits per heavy atom. The van der Waals surface area contributed by atoms with Crippen LogP contribution in [-0.4, -0.2) is 41.9 Å². The van der Waals surface area contributed by atoms with Gasteiger partial charge in [0.1, 0.15) is 0 Å². The highest BCUT2D eigenvalue weighted by atomic mass is 16.2. The smallest absolute Gasteiger partial charge is 0.254 e. The standard InChI is InChI=1S/C22H28N2O/c1-17(2)20-10-8-19(9-11-20)16-23-12-14-24(15-13-23)22(25)21-7-5-4-6-18(21)3/h4-11,17H,12-16H2,1-3H3. The van der Waals surface area contributed by atoms with Crippen molar-refractivity contribution in [1.29, 1.82) is 0 Å². The summed E-state index contributed by atoms with van der Waals surface area (Å²) < 4.78 is 0. The molecule has 0 aliphatic carbocycles. The zero-order valence-electron chi connectivity index (χ0n) is 15.5. The summed E-state index contributed by atoms with van der Waals surface area (Å²) in [4.78, 5) is 17.1. The number of amides is 1. The molecule has 1 aliphatic rings. The van der Waals surface area contributed by atoms with Crippen LogP contribution in [0.15, 0.2) is 48.5 Å². The molecule has 1 amide bonds. The van der Waals surface area contributed by atoms with Crippen LogP contribution in [0.2, 0.25) is 0 Å². The van der Waals surface area contributed by atoms with Crippen molar-refractivity contribution in [1.82, 2.24) is 9.80 Å². The van der Waals surface area contributed by atoms with Gasteiger partial charge in [0.05, 0.1) is 0 Å². The van der Waals surface area contributed by atoms with Crippen molar-refractivity contribution in [2.24, 2.45) is 0 Å². The van der Waals surface area contributed by atoms with Gasteiger partial charge in [-0.2, -0.15) is 0 Å². The fraction of sp³-hybridized carbons (Fsp3) is 0.409. The van der Waals surface area contributed by atoms with Gasteiger partial charge < -0.3 is 4.90 Å². The zero-order valence-corrected chi connectivity index (χ0v) is 15.5. The van der Waals surface area contributed by atoms with Gasteiger partial charge in [0, 0.05) is 38.3 Å². The second-order valence-electron chi connectivity index (χ2n) is 7.28. The van der Waals surface area contributed by atoms with Gasteiger partial charge in [0.25, 0.3) is 5.91 Å². The average molecular weight is 336 g/mol. The highest BCUT2D eigenvalue weighted by molar-refractivity contribution is 5.95. The van der Waals surface area contributed by atoms with Crippen LogP contribution in [0.5, 0.6) is 0 Å². The van der Waals surface area contributed by atoms with Crippen molar-refractivity contribution in [3.05, 3.63) is 70.8 Å². The number of hydrogen-bond donors (Lipinski definition) is 0. The van der Waals surface area contributed by atoms with E-state index in [9.17, 15) is 4.79 Å². The van der Waals surface area contributed by atoms with Crippen LogP contribution in [0, 0.1) is 6.92 Å². The molecule has 0 unspecified atom stereocenters. The molecule has 1 saturated heterocycles. The van der Waals surface area contributed by atoms with Crippen molar-refractivity contribution >= 4 is 5.91 Å². The third-order valence-electron chi connectivity index (χ3n) is 5.09. The molecule has 1 heterocycles. The van der Waals surface area contributed by atoms with E-state index in [2.05, 4.69) is 43.0 Å². The molecule has 3 rings (SSSR count). The first-order valence-corrected chi connectivity index (χ1v) is 9.20. The number of hydrogen-bond acceptors (Lipinski definition) is 2. The summed E-state index contributed by atoms with van der Waals surface area (Å²) in [6.07, 6.45) is 0. The topological polar surface area (TPSA) is 23.6 Å². The van der Waals surface area contributed by atoms with Gasteiger partial charge in [-0.05, 0) is 35.6 Å². The summed E-state index contributed by atoms with van der Waals surface area (Å²) in [5, 5.41) is 0. The number of carbonyl (C=O) groups is 1. The average Bonchev–Trinajstić information content (AvgIpc) is 2.63. The Morgan fingerprint density at radius 2 is 1.60 bits per heavy atom. The predicted octanol–water partition coefficient (Wildman–Crippen LogP) is 4.08. The Kier molecular flexibility index (Phi) is 5.54. The van der Waals surface area contributed by atoms with Gasteiger partial charge in [-0.1, -0.05) is 56.3 Å². The van der Waals surface area contributed by atoms with E-state index in [-0.39, 0.29) is 5.91 Å². The summed E-state index contributed by atoms with van der Waals surface area (Å²) in [5.41, 5.74) is 4.63. The first-order chi connectivity index (χ1) is 12.0. The normalized spacial score (nSPS) is 15.6. The quantitative estimate of drug-likeness (QED) is 0.840. The molecule has 0 radical (unpaired) electrons. The van der Waals surface area contributed by atoms with E-state index in [0.29, 0.717) is 5.92 Å². The lowest BCUT2D eigenvalue weighted by Crippen LogP contribution is -2.48. The Balaban J connectivity index is 1.55. The monoisotopic (exact) mass is 336 g/mol. The number of nitrogens with zero attached hydrogens (tertiary/aromatic N) is 2. The van der Waals surface area contributed by atoms with Gasteiger partial charge in [-0.15, -0.1) is 0 Å². The minimum atomic E-state index is 0.166.